The largest absolute Gasteiger partial charge is 0.416 e. The Balaban J connectivity index is 2.39. The summed E-state index contributed by atoms with van der Waals surface area (Å²) in [5.41, 5.74) is 5.71. The fourth-order valence-corrected chi connectivity index (χ4v) is 2.03. The highest BCUT2D eigenvalue weighted by Gasteiger charge is 2.30. The first-order chi connectivity index (χ1) is 9.39. The molecule has 0 spiro atoms. The lowest BCUT2D eigenvalue weighted by Gasteiger charge is -2.15. The number of nitrogens with two attached hydrogens (primary N) is 1. The van der Waals surface area contributed by atoms with E-state index < -0.39 is 23.6 Å². The lowest BCUT2D eigenvalue weighted by molar-refractivity contribution is -0.137. The molecule has 104 valence electrons. The van der Waals surface area contributed by atoms with Gasteiger partial charge in [-0.2, -0.15) is 13.2 Å². The second kappa shape index (κ2) is 5.36. The van der Waals surface area contributed by atoms with Crippen LogP contribution in [0.5, 0.6) is 0 Å². The quantitative estimate of drug-likeness (QED) is 0.920. The lowest BCUT2D eigenvalue weighted by atomic mass is 9.90. The number of hydrogen-bond donors (Lipinski definition) is 1. The second-order valence-electron chi connectivity index (χ2n) is 4.37. The highest BCUT2D eigenvalue weighted by Crippen LogP contribution is 2.31. The predicted molar refractivity (Wildman–Crippen MR) is 68.9 cm³/mol. The van der Waals surface area contributed by atoms with Gasteiger partial charge in [-0.25, -0.2) is 0 Å². The topological polar surface area (TPSA) is 43.1 Å². The first kappa shape index (κ1) is 14.1. The fraction of sp³-hybridized carbons (Fsp3) is 0.133. The van der Waals surface area contributed by atoms with Gasteiger partial charge < -0.3 is 5.73 Å². The van der Waals surface area contributed by atoms with Crippen molar-refractivity contribution in [3.8, 4) is 0 Å². The average molecular weight is 279 g/mol. The minimum atomic E-state index is -4.40. The molecule has 0 radical (unpaired) electrons. The van der Waals surface area contributed by atoms with Crippen LogP contribution >= 0.6 is 0 Å². The van der Waals surface area contributed by atoms with Gasteiger partial charge in [0.25, 0.3) is 0 Å². The molecule has 2 nitrogen and oxygen atoms in total. The normalized spacial score (nSPS) is 12.9. The second-order valence-corrected chi connectivity index (χ2v) is 4.37. The van der Waals surface area contributed by atoms with Gasteiger partial charge in [-0.05, 0) is 23.3 Å². The van der Waals surface area contributed by atoms with Crippen LogP contribution in [-0.4, -0.2) is 5.91 Å². The Morgan fingerprint density at radius 1 is 0.900 bits per heavy atom. The van der Waals surface area contributed by atoms with Crippen molar-refractivity contribution in [1.82, 2.24) is 0 Å². The zero-order valence-electron chi connectivity index (χ0n) is 10.4. The Morgan fingerprint density at radius 3 is 1.85 bits per heavy atom. The van der Waals surface area contributed by atoms with Gasteiger partial charge in [-0.15, -0.1) is 0 Å². The summed E-state index contributed by atoms with van der Waals surface area (Å²) in [4.78, 5) is 11.6. The summed E-state index contributed by atoms with van der Waals surface area (Å²) < 4.78 is 37.5. The van der Waals surface area contributed by atoms with E-state index in [4.69, 9.17) is 5.73 Å². The van der Waals surface area contributed by atoms with E-state index in [2.05, 4.69) is 0 Å². The molecule has 2 aromatic rings. The molecule has 20 heavy (non-hydrogen) atoms. The van der Waals surface area contributed by atoms with E-state index in [1.807, 2.05) is 0 Å². The molecule has 1 atom stereocenters. The molecule has 2 aromatic carbocycles. The Morgan fingerprint density at radius 2 is 1.40 bits per heavy atom. The van der Waals surface area contributed by atoms with Crippen LogP contribution in [0.1, 0.15) is 22.6 Å². The molecule has 0 aliphatic rings. The molecule has 0 fully saturated rings. The fourth-order valence-electron chi connectivity index (χ4n) is 2.03. The minimum absolute atomic E-state index is 0.441. The summed E-state index contributed by atoms with van der Waals surface area (Å²) in [6.07, 6.45) is -4.40. The number of hydrogen-bond acceptors (Lipinski definition) is 1. The number of alkyl halides is 3. The molecule has 0 saturated heterocycles. The molecule has 0 aliphatic carbocycles. The van der Waals surface area contributed by atoms with Crippen LogP contribution in [0.25, 0.3) is 0 Å². The van der Waals surface area contributed by atoms with Crippen LogP contribution in [0, 0.1) is 0 Å². The summed E-state index contributed by atoms with van der Waals surface area (Å²) >= 11 is 0. The number of primary amides is 1. The van der Waals surface area contributed by atoms with Gasteiger partial charge in [0, 0.05) is 0 Å². The first-order valence-corrected chi connectivity index (χ1v) is 5.91. The van der Waals surface area contributed by atoms with Gasteiger partial charge in [-0.1, -0.05) is 42.5 Å². The van der Waals surface area contributed by atoms with E-state index in [0.717, 1.165) is 12.1 Å². The summed E-state index contributed by atoms with van der Waals surface area (Å²) in [5.74, 6) is -1.35. The maximum atomic E-state index is 12.5. The smallest absolute Gasteiger partial charge is 0.369 e. The van der Waals surface area contributed by atoms with Crippen LogP contribution in [0.2, 0.25) is 0 Å². The molecular formula is C15H12F3NO. The van der Waals surface area contributed by atoms with Crippen molar-refractivity contribution in [2.24, 2.45) is 5.73 Å². The molecule has 0 saturated carbocycles. The molecule has 0 heterocycles. The monoisotopic (exact) mass is 279 g/mol. The predicted octanol–water partition coefficient (Wildman–Crippen LogP) is 3.32. The van der Waals surface area contributed by atoms with Crippen molar-refractivity contribution >= 4 is 5.91 Å². The van der Waals surface area contributed by atoms with Crippen molar-refractivity contribution in [2.45, 2.75) is 12.1 Å². The number of rotatable bonds is 3. The first-order valence-electron chi connectivity index (χ1n) is 5.91. The molecule has 0 bridgehead atoms. The Hall–Kier alpha value is -2.30. The summed E-state index contributed by atoms with van der Waals surface area (Å²) in [6, 6.07) is 13.2. The zero-order chi connectivity index (χ0) is 14.8. The van der Waals surface area contributed by atoms with E-state index in [-0.39, 0.29) is 0 Å². The Bertz CT molecular complexity index is 591. The van der Waals surface area contributed by atoms with Crippen LogP contribution in [0.4, 0.5) is 13.2 Å². The van der Waals surface area contributed by atoms with Crippen molar-refractivity contribution in [3.63, 3.8) is 0 Å². The molecule has 1 amide bonds. The molecule has 2 rings (SSSR count). The standard InChI is InChI=1S/C15H12F3NO/c16-15(17,18)12-8-6-11(7-9-12)13(14(19)20)10-4-2-1-3-5-10/h1-9,13H,(H2,19,20). The van der Waals surface area contributed by atoms with Gasteiger partial charge in [0.2, 0.25) is 5.91 Å². The van der Waals surface area contributed by atoms with Crippen molar-refractivity contribution < 1.29 is 18.0 Å². The molecular weight excluding hydrogens is 267 g/mol. The summed E-state index contributed by atoms with van der Waals surface area (Å²) in [6.45, 7) is 0. The van der Waals surface area contributed by atoms with Crippen molar-refractivity contribution in [1.29, 1.82) is 0 Å². The maximum absolute atomic E-state index is 12.5. The number of benzene rings is 2. The number of carbonyl (C=O) groups is 1. The molecule has 1 unspecified atom stereocenters. The van der Waals surface area contributed by atoms with Crippen LogP contribution < -0.4 is 5.73 Å². The lowest BCUT2D eigenvalue weighted by Crippen LogP contribution is -2.22. The molecule has 5 heteroatoms. The third-order valence-corrected chi connectivity index (χ3v) is 2.99. The molecule has 2 N–H and O–H groups in total. The Kier molecular flexibility index (Phi) is 3.79. The average Bonchev–Trinajstić information content (AvgIpc) is 2.39. The Labute approximate surface area is 114 Å². The van der Waals surface area contributed by atoms with E-state index in [9.17, 15) is 18.0 Å². The third-order valence-electron chi connectivity index (χ3n) is 2.99. The SMILES string of the molecule is NC(=O)C(c1ccccc1)c1ccc(C(F)(F)F)cc1. The number of halogens is 3. The highest BCUT2D eigenvalue weighted by molar-refractivity contribution is 5.85. The summed E-state index contributed by atoms with van der Waals surface area (Å²) in [5, 5.41) is 0. The zero-order valence-corrected chi connectivity index (χ0v) is 10.4. The van der Waals surface area contributed by atoms with Gasteiger partial charge >= 0.3 is 6.18 Å². The van der Waals surface area contributed by atoms with Gasteiger partial charge in [0.15, 0.2) is 0 Å². The maximum Gasteiger partial charge on any atom is 0.416 e. The van der Waals surface area contributed by atoms with E-state index in [1.165, 1.54) is 12.1 Å². The minimum Gasteiger partial charge on any atom is -0.369 e. The third kappa shape index (κ3) is 2.99. The number of carbonyl (C=O) groups excluding carboxylic acids is 1. The van der Waals surface area contributed by atoms with Crippen molar-refractivity contribution in [3.05, 3.63) is 71.3 Å². The highest BCUT2D eigenvalue weighted by atomic mass is 19.4. The van der Waals surface area contributed by atoms with E-state index in [0.29, 0.717) is 11.1 Å². The van der Waals surface area contributed by atoms with Crippen LogP contribution in [0.15, 0.2) is 54.6 Å². The molecule has 0 aliphatic heterocycles. The van der Waals surface area contributed by atoms with Gasteiger partial charge in [0.05, 0.1) is 11.5 Å². The van der Waals surface area contributed by atoms with Gasteiger partial charge in [-0.3, -0.25) is 4.79 Å². The van der Waals surface area contributed by atoms with E-state index >= 15 is 0 Å². The molecule has 0 aromatic heterocycles. The van der Waals surface area contributed by atoms with Crippen molar-refractivity contribution in [2.75, 3.05) is 0 Å². The van der Waals surface area contributed by atoms with Crippen LogP contribution in [0.3, 0.4) is 0 Å². The summed E-state index contributed by atoms with van der Waals surface area (Å²) in [7, 11) is 0. The van der Waals surface area contributed by atoms with E-state index in [1.54, 1.807) is 30.3 Å². The number of amides is 1. The van der Waals surface area contributed by atoms with Crippen LogP contribution in [-0.2, 0) is 11.0 Å². The van der Waals surface area contributed by atoms with Gasteiger partial charge in [0.1, 0.15) is 0 Å².